The molecule has 3 aromatic rings. The molecule has 0 radical (unpaired) electrons. The molecule has 2 aliphatic heterocycles. The van der Waals surface area contributed by atoms with Gasteiger partial charge in [-0.05, 0) is 19.1 Å². The Balaban J connectivity index is 1.76. The molecule has 166 valence electrons. The van der Waals surface area contributed by atoms with E-state index in [1.807, 2.05) is 66.9 Å². The van der Waals surface area contributed by atoms with Crippen molar-refractivity contribution in [2.45, 2.75) is 19.4 Å². The highest BCUT2D eigenvalue weighted by atomic mass is 32.2. The summed E-state index contributed by atoms with van der Waals surface area (Å²) >= 11 is 1.52. The number of fused-ring (bicyclic) bond motifs is 1. The topological polar surface area (TPSA) is 76.8 Å². The van der Waals surface area contributed by atoms with Gasteiger partial charge in [0.1, 0.15) is 6.04 Å². The van der Waals surface area contributed by atoms with Crippen molar-refractivity contribution in [3.8, 4) is 16.9 Å². The number of amides is 1. The molecular formula is C25H22N4O3S. The summed E-state index contributed by atoms with van der Waals surface area (Å²) in [6, 6.07) is 18.8. The van der Waals surface area contributed by atoms with Gasteiger partial charge in [-0.3, -0.25) is 9.69 Å². The van der Waals surface area contributed by atoms with E-state index in [1.54, 1.807) is 16.5 Å². The van der Waals surface area contributed by atoms with Crippen molar-refractivity contribution in [1.29, 1.82) is 0 Å². The quantitative estimate of drug-likeness (QED) is 0.543. The summed E-state index contributed by atoms with van der Waals surface area (Å²) in [6.45, 7) is 1.78. The van der Waals surface area contributed by atoms with Gasteiger partial charge in [-0.25, -0.2) is 14.5 Å². The summed E-state index contributed by atoms with van der Waals surface area (Å²) in [5, 5.41) is 5.50. The fourth-order valence-corrected chi connectivity index (χ4v) is 5.19. The van der Waals surface area contributed by atoms with Crippen LogP contribution in [0, 0.1) is 0 Å². The summed E-state index contributed by atoms with van der Waals surface area (Å²) in [4.78, 5) is 32.3. The molecule has 8 heteroatoms. The number of methoxy groups -OCH3 is 1. The van der Waals surface area contributed by atoms with E-state index in [0.717, 1.165) is 16.8 Å². The molecule has 2 aliphatic rings. The highest BCUT2D eigenvalue weighted by molar-refractivity contribution is 8.14. The first kappa shape index (κ1) is 21.2. The number of carbonyl (C=O) groups excluding carboxylic acids is 2. The number of hydrogen-bond donors (Lipinski definition) is 0. The lowest BCUT2D eigenvalue weighted by atomic mass is 9.92. The molecule has 2 aromatic carbocycles. The third-order valence-electron chi connectivity index (χ3n) is 5.72. The maximum atomic E-state index is 13.1. The Labute approximate surface area is 195 Å². The molecule has 0 bridgehead atoms. The van der Waals surface area contributed by atoms with Crippen LogP contribution >= 0.6 is 11.8 Å². The Kier molecular flexibility index (Phi) is 5.60. The number of carbonyl (C=O) groups is 2. The third kappa shape index (κ3) is 3.76. The first-order valence-electron chi connectivity index (χ1n) is 10.6. The molecule has 0 spiro atoms. The minimum atomic E-state index is -0.682. The lowest BCUT2D eigenvalue weighted by Gasteiger charge is -2.38. The van der Waals surface area contributed by atoms with Crippen LogP contribution in [0.15, 0.2) is 83.1 Å². The zero-order valence-electron chi connectivity index (χ0n) is 18.3. The molecule has 0 unspecified atom stereocenters. The van der Waals surface area contributed by atoms with Crippen LogP contribution in [0.4, 0.5) is 0 Å². The molecule has 1 saturated heterocycles. The number of aliphatic imine (C=N–C) groups is 1. The summed E-state index contributed by atoms with van der Waals surface area (Å²) < 4.78 is 6.91. The Morgan fingerprint density at radius 2 is 1.79 bits per heavy atom. The van der Waals surface area contributed by atoms with Crippen LogP contribution in [-0.4, -0.2) is 44.6 Å². The number of hydrogen-bond acceptors (Lipinski definition) is 6. The van der Waals surface area contributed by atoms with E-state index >= 15 is 0 Å². The van der Waals surface area contributed by atoms with E-state index < -0.39 is 12.0 Å². The monoisotopic (exact) mass is 458 g/mol. The first-order chi connectivity index (χ1) is 16.1. The molecule has 33 heavy (non-hydrogen) atoms. The predicted octanol–water partition coefficient (Wildman–Crippen LogP) is 4.36. The zero-order chi connectivity index (χ0) is 22.9. The van der Waals surface area contributed by atoms with Gasteiger partial charge in [0.05, 0.1) is 29.8 Å². The Morgan fingerprint density at radius 1 is 1.09 bits per heavy atom. The Morgan fingerprint density at radius 3 is 2.48 bits per heavy atom. The van der Waals surface area contributed by atoms with E-state index in [9.17, 15) is 9.59 Å². The molecule has 1 amide bonds. The number of ether oxygens (including phenoxy) is 1. The first-order valence-corrected chi connectivity index (χ1v) is 11.6. The Bertz CT molecular complexity index is 1280. The summed E-state index contributed by atoms with van der Waals surface area (Å²) in [6.07, 6.45) is 2.27. The van der Waals surface area contributed by atoms with Crippen LogP contribution in [0.3, 0.4) is 0 Å². The Hall–Kier alpha value is -3.65. The molecule has 5 rings (SSSR count). The molecular weight excluding hydrogens is 436 g/mol. The predicted molar refractivity (Wildman–Crippen MR) is 128 cm³/mol. The largest absolute Gasteiger partial charge is 0.466 e. The summed E-state index contributed by atoms with van der Waals surface area (Å²) in [7, 11) is 1.34. The van der Waals surface area contributed by atoms with Crippen molar-refractivity contribution in [2.24, 2.45) is 4.99 Å². The second-order valence-corrected chi connectivity index (χ2v) is 8.79. The standard InChI is InChI=1S/C25H22N4O3S/c1-16-21(24(31)32-2)23(29-20(30)13-14-33-25(29)26-16)19-15-28(18-11-7-4-8-12-18)27-22(19)17-9-5-3-6-10-17/h3-12,15,23H,13-14H2,1-2H3/t23-/m1/s1. The van der Waals surface area contributed by atoms with Crippen molar-refractivity contribution >= 4 is 28.8 Å². The number of esters is 1. The van der Waals surface area contributed by atoms with Crippen LogP contribution in [0.5, 0.6) is 0 Å². The van der Waals surface area contributed by atoms with Crippen LogP contribution in [0.1, 0.15) is 24.9 Å². The summed E-state index contributed by atoms with van der Waals surface area (Å²) in [5.74, 6) is 0.0873. The minimum absolute atomic E-state index is 0.0714. The average Bonchev–Trinajstić information content (AvgIpc) is 3.29. The minimum Gasteiger partial charge on any atom is -0.466 e. The highest BCUT2D eigenvalue weighted by Crippen LogP contribution is 2.43. The molecule has 0 aliphatic carbocycles. The van der Waals surface area contributed by atoms with Crippen molar-refractivity contribution in [1.82, 2.24) is 14.7 Å². The van der Waals surface area contributed by atoms with E-state index in [1.165, 1.54) is 18.9 Å². The van der Waals surface area contributed by atoms with Gasteiger partial charge in [0.2, 0.25) is 5.91 Å². The summed E-state index contributed by atoms with van der Waals surface area (Å²) in [5.41, 5.74) is 4.11. The fraction of sp³-hybridized carbons (Fsp3) is 0.200. The molecule has 0 N–H and O–H groups in total. The zero-order valence-corrected chi connectivity index (χ0v) is 19.1. The van der Waals surface area contributed by atoms with Crippen molar-refractivity contribution in [2.75, 3.05) is 12.9 Å². The number of thioether (sulfide) groups is 1. The van der Waals surface area contributed by atoms with Crippen molar-refractivity contribution in [3.05, 3.63) is 83.7 Å². The number of benzene rings is 2. The molecule has 7 nitrogen and oxygen atoms in total. The number of amidine groups is 1. The molecule has 1 fully saturated rings. The van der Waals surface area contributed by atoms with Crippen molar-refractivity contribution < 1.29 is 14.3 Å². The molecule has 3 heterocycles. The number of nitrogens with zero attached hydrogens (tertiary/aromatic N) is 4. The molecule has 1 aromatic heterocycles. The SMILES string of the molecule is COC(=O)C1=C(C)N=C2SCCC(=O)N2[C@@H]1c1cn(-c2ccccc2)nc1-c1ccccc1. The van der Waals surface area contributed by atoms with Gasteiger partial charge < -0.3 is 4.74 Å². The number of para-hydroxylation sites is 1. The van der Waals surface area contributed by atoms with Gasteiger partial charge in [0.25, 0.3) is 0 Å². The normalized spacial score (nSPS) is 18.1. The van der Waals surface area contributed by atoms with Crippen LogP contribution in [0.25, 0.3) is 16.9 Å². The second kappa shape index (κ2) is 8.71. The average molecular weight is 459 g/mol. The lowest BCUT2D eigenvalue weighted by molar-refractivity contribution is -0.137. The van der Waals surface area contributed by atoms with Gasteiger partial charge in [0.15, 0.2) is 5.17 Å². The van der Waals surface area contributed by atoms with Gasteiger partial charge in [-0.1, -0.05) is 60.3 Å². The maximum absolute atomic E-state index is 13.1. The van der Waals surface area contributed by atoms with Gasteiger partial charge in [-0.2, -0.15) is 5.10 Å². The second-order valence-electron chi connectivity index (χ2n) is 7.73. The van der Waals surface area contributed by atoms with Crippen LogP contribution < -0.4 is 0 Å². The van der Waals surface area contributed by atoms with Crippen molar-refractivity contribution in [3.63, 3.8) is 0 Å². The van der Waals surface area contributed by atoms with E-state index in [4.69, 9.17) is 9.84 Å². The number of rotatable bonds is 4. The smallest absolute Gasteiger partial charge is 0.338 e. The fourth-order valence-electron chi connectivity index (χ4n) is 4.18. The van der Waals surface area contributed by atoms with E-state index in [2.05, 4.69) is 4.99 Å². The third-order valence-corrected chi connectivity index (χ3v) is 6.67. The number of aromatic nitrogens is 2. The molecule has 1 atom stereocenters. The van der Waals surface area contributed by atoms with Gasteiger partial charge in [0, 0.05) is 29.5 Å². The van der Waals surface area contributed by atoms with Crippen LogP contribution in [-0.2, 0) is 14.3 Å². The molecule has 0 saturated carbocycles. The van der Waals surface area contributed by atoms with E-state index in [-0.39, 0.29) is 5.91 Å². The lowest BCUT2D eigenvalue weighted by Crippen LogP contribution is -2.45. The maximum Gasteiger partial charge on any atom is 0.338 e. The van der Waals surface area contributed by atoms with E-state index in [0.29, 0.717) is 34.3 Å². The van der Waals surface area contributed by atoms with Crippen LogP contribution in [0.2, 0.25) is 0 Å². The van der Waals surface area contributed by atoms with Gasteiger partial charge in [-0.15, -0.1) is 0 Å². The number of allylic oxidation sites excluding steroid dienone is 1. The van der Waals surface area contributed by atoms with Gasteiger partial charge >= 0.3 is 5.97 Å². The highest BCUT2D eigenvalue weighted by Gasteiger charge is 2.43.